The number of hydrogen-bond donors (Lipinski definition) is 0. The van der Waals surface area contributed by atoms with Crippen LogP contribution in [0.4, 0.5) is 0 Å². The van der Waals surface area contributed by atoms with Crippen molar-refractivity contribution in [1.82, 2.24) is 4.90 Å². The van der Waals surface area contributed by atoms with Gasteiger partial charge in [-0.1, -0.05) is 6.92 Å². The molecule has 0 bridgehead atoms. The van der Waals surface area contributed by atoms with Gasteiger partial charge in [-0.05, 0) is 30.7 Å². The first-order valence-electron chi connectivity index (χ1n) is 6.41. The second-order valence-corrected chi connectivity index (χ2v) is 5.50. The molecule has 0 atom stereocenters. The van der Waals surface area contributed by atoms with E-state index in [-0.39, 0.29) is 5.91 Å². The molecule has 0 saturated carbocycles. The summed E-state index contributed by atoms with van der Waals surface area (Å²) >= 11 is 1.91. The lowest BCUT2D eigenvalue weighted by Gasteiger charge is -2.26. The first-order valence-corrected chi connectivity index (χ1v) is 7.56. The highest BCUT2D eigenvalue weighted by molar-refractivity contribution is 7.99. The molecule has 1 fully saturated rings. The highest BCUT2D eigenvalue weighted by atomic mass is 32.2. The van der Waals surface area contributed by atoms with Crippen LogP contribution in [0.2, 0.25) is 0 Å². The molecule has 0 aromatic heterocycles. The van der Waals surface area contributed by atoms with Gasteiger partial charge in [0.15, 0.2) is 0 Å². The van der Waals surface area contributed by atoms with Crippen molar-refractivity contribution in [2.75, 3.05) is 31.2 Å². The molecule has 0 unspecified atom stereocenters. The molecule has 1 aliphatic rings. The predicted molar refractivity (Wildman–Crippen MR) is 75.5 cm³/mol. The minimum Gasteiger partial charge on any atom is -0.494 e. The standard InChI is InChI=1S/C14H19NO2S/c1-2-9-17-13-5-3-12(4-6-13)14(16)15-7-10-18-11-8-15/h3-6H,2,7-11H2,1H3. The van der Waals surface area contributed by atoms with Crippen LogP contribution in [0.3, 0.4) is 0 Å². The Morgan fingerprint density at radius 1 is 1.28 bits per heavy atom. The van der Waals surface area contributed by atoms with E-state index in [2.05, 4.69) is 6.92 Å². The summed E-state index contributed by atoms with van der Waals surface area (Å²) in [4.78, 5) is 14.1. The van der Waals surface area contributed by atoms with Gasteiger partial charge in [0.25, 0.3) is 5.91 Å². The van der Waals surface area contributed by atoms with Crippen LogP contribution in [0.5, 0.6) is 5.75 Å². The molecule has 0 radical (unpaired) electrons. The number of amides is 1. The lowest BCUT2D eigenvalue weighted by atomic mass is 10.2. The molecule has 0 aliphatic carbocycles. The third-order valence-electron chi connectivity index (χ3n) is 2.87. The SMILES string of the molecule is CCCOc1ccc(C(=O)N2CCSCC2)cc1. The number of ether oxygens (including phenoxy) is 1. The molecule has 1 saturated heterocycles. The highest BCUT2D eigenvalue weighted by Gasteiger charge is 2.18. The van der Waals surface area contributed by atoms with Crippen LogP contribution < -0.4 is 4.74 Å². The number of benzene rings is 1. The summed E-state index contributed by atoms with van der Waals surface area (Å²) in [7, 11) is 0. The van der Waals surface area contributed by atoms with Crippen LogP contribution in [-0.4, -0.2) is 42.0 Å². The maximum atomic E-state index is 12.2. The van der Waals surface area contributed by atoms with Crippen LogP contribution in [0.15, 0.2) is 24.3 Å². The van der Waals surface area contributed by atoms with Crippen molar-refractivity contribution in [2.24, 2.45) is 0 Å². The van der Waals surface area contributed by atoms with E-state index in [0.29, 0.717) is 0 Å². The van der Waals surface area contributed by atoms with E-state index >= 15 is 0 Å². The van der Waals surface area contributed by atoms with Gasteiger partial charge < -0.3 is 9.64 Å². The van der Waals surface area contributed by atoms with Gasteiger partial charge in [-0.15, -0.1) is 0 Å². The van der Waals surface area contributed by atoms with Gasteiger partial charge in [-0.25, -0.2) is 0 Å². The van der Waals surface area contributed by atoms with Crippen molar-refractivity contribution in [2.45, 2.75) is 13.3 Å². The maximum Gasteiger partial charge on any atom is 0.253 e. The molecule has 1 aliphatic heterocycles. The Morgan fingerprint density at radius 2 is 1.94 bits per heavy atom. The Hall–Kier alpha value is -1.16. The summed E-state index contributed by atoms with van der Waals surface area (Å²) in [5, 5.41) is 0. The van der Waals surface area contributed by atoms with Crippen molar-refractivity contribution in [3.63, 3.8) is 0 Å². The maximum absolute atomic E-state index is 12.2. The summed E-state index contributed by atoms with van der Waals surface area (Å²) in [6.07, 6.45) is 0.992. The average Bonchev–Trinajstić information content (AvgIpc) is 2.46. The second kappa shape index (κ2) is 6.69. The molecule has 1 heterocycles. The van der Waals surface area contributed by atoms with E-state index in [1.54, 1.807) is 0 Å². The lowest BCUT2D eigenvalue weighted by molar-refractivity contribution is 0.0772. The molecule has 1 aromatic rings. The molecule has 1 aromatic carbocycles. The Labute approximate surface area is 113 Å². The first-order chi connectivity index (χ1) is 8.81. The average molecular weight is 265 g/mol. The molecule has 98 valence electrons. The van der Waals surface area contributed by atoms with Gasteiger partial charge in [0.05, 0.1) is 6.61 Å². The van der Waals surface area contributed by atoms with Crippen LogP contribution >= 0.6 is 11.8 Å². The predicted octanol–water partition coefficient (Wildman–Crippen LogP) is 2.66. The lowest BCUT2D eigenvalue weighted by Crippen LogP contribution is -2.37. The minimum absolute atomic E-state index is 0.136. The monoisotopic (exact) mass is 265 g/mol. The van der Waals surface area contributed by atoms with Crippen LogP contribution in [0.25, 0.3) is 0 Å². The number of hydrogen-bond acceptors (Lipinski definition) is 3. The zero-order chi connectivity index (χ0) is 12.8. The van der Waals surface area contributed by atoms with E-state index < -0.39 is 0 Å². The van der Waals surface area contributed by atoms with E-state index in [0.717, 1.165) is 48.9 Å². The second-order valence-electron chi connectivity index (χ2n) is 4.28. The van der Waals surface area contributed by atoms with Gasteiger partial charge in [-0.2, -0.15) is 11.8 Å². The zero-order valence-corrected chi connectivity index (χ0v) is 11.5. The number of carbonyl (C=O) groups is 1. The van der Waals surface area contributed by atoms with E-state index in [1.807, 2.05) is 40.9 Å². The Morgan fingerprint density at radius 3 is 2.56 bits per heavy atom. The summed E-state index contributed by atoms with van der Waals surface area (Å²) in [6.45, 7) is 4.51. The first kappa shape index (κ1) is 13.3. The van der Waals surface area contributed by atoms with Crippen molar-refractivity contribution in [1.29, 1.82) is 0 Å². The quantitative estimate of drug-likeness (QED) is 0.838. The molecule has 18 heavy (non-hydrogen) atoms. The van der Waals surface area contributed by atoms with Crippen LogP contribution in [0.1, 0.15) is 23.7 Å². The van der Waals surface area contributed by atoms with Crippen molar-refractivity contribution in [3.05, 3.63) is 29.8 Å². The molecule has 1 amide bonds. The van der Waals surface area contributed by atoms with E-state index in [4.69, 9.17) is 4.74 Å². The van der Waals surface area contributed by atoms with Gasteiger partial charge in [-0.3, -0.25) is 4.79 Å². The number of nitrogens with zero attached hydrogens (tertiary/aromatic N) is 1. The molecular formula is C14H19NO2S. The van der Waals surface area contributed by atoms with E-state index in [1.165, 1.54) is 0 Å². The fourth-order valence-electron chi connectivity index (χ4n) is 1.86. The molecule has 0 N–H and O–H groups in total. The van der Waals surface area contributed by atoms with Gasteiger partial charge in [0.2, 0.25) is 0 Å². The molecule has 3 nitrogen and oxygen atoms in total. The number of thioether (sulfide) groups is 1. The number of carbonyl (C=O) groups excluding carboxylic acids is 1. The normalized spacial score (nSPS) is 15.5. The Bertz CT molecular complexity index is 385. The largest absolute Gasteiger partial charge is 0.494 e. The summed E-state index contributed by atoms with van der Waals surface area (Å²) in [6, 6.07) is 7.47. The van der Waals surface area contributed by atoms with Gasteiger partial charge >= 0.3 is 0 Å². The van der Waals surface area contributed by atoms with E-state index in [9.17, 15) is 4.79 Å². The van der Waals surface area contributed by atoms with Gasteiger partial charge in [0, 0.05) is 30.2 Å². The molecule has 0 spiro atoms. The zero-order valence-electron chi connectivity index (χ0n) is 10.7. The van der Waals surface area contributed by atoms with Crippen molar-refractivity contribution < 1.29 is 9.53 Å². The summed E-state index contributed by atoms with van der Waals surface area (Å²) < 4.78 is 5.51. The third kappa shape index (κ3) is 3.42. The topological polar surface area (TPSA) is 29.5 Å². The fourth-order valence-corrected chi connectivity index (χ4v) is 2.77. The Kier molecular flexibility index (Phi) is 4.93. The summed E-state index contributed by atoms with van der Waals surface area (Å²) in [5.41, 5.74) is 0.755. The Balaban J connectivity index is 1.97. The fraction of sp³-hybridized carbons (Fsp3) is 0.500. The molecular weight excluding hydrogens is 246 g/mol. The van der Waals surface area contributed by atoms with Gasteiger partial charge in [0.1, 0.15) is 5.75 Å². The van der Waals surface area contributed by atoms with Crippen LogP contribution in [-0.2, 0) is 0 Å². The minimum atomic E-state index is 0.136. The van der Waals surface area contributed by atoms with Crippen LogP contribution in [0, 0.1) is 0 Å². The smallest absolute Gasteiger partial charge is 0.253 e. The van der Waals surface area contributed by atoms with Crippen molar-refractivity contribution >= 4 is 17.7 Å². The third-order valence-corrected chi connectivity index (χ3v) is 3.81. The highest BCUT2D eigenvalue weighted by Crippen LogP contribution is 2.16. The molecule has 2 rings (SSSR count). The van der Waals surface area contributed by atoms with Crippen molar-refractivity contribution in [3.8, 4) is 5.75 Å². The summed E-state index contributed by atoms with van der Waals surface area (Å²) in [5.74, 6) is 3.06. The number of rotatable bonds is 4. The molecule has 4 heteroatoms.